The number of carbonyl (C=O) groups is 2. The molecule has 1 unspecified atom stereocenters. The molecule has 5 rings (SSSR count). The number of aromatic nitrogens is 2. The SMILES string of the molecule is CCOC(=O)C(Cc1cc2ccnc(N)c2cc1OC(F)(F)F)N1CC[C@H](/C=C/CS(=O)(=O)c2cnc(N3CCCC3)s2)C1=O. The highest BCUT2D eigenvalue weighted by molar-refractivity contribution is 7.93. The van der Waals surface area contributed by atoms with Crippen LogP contribution in [-0.2, 0) is 30.6 Å². The summed E-state index contributed by atoms with van der Waals surface area (Å²) >= 11 is 1.11. The molecule has 0 radical (unpaired) electrons. The van der Waals surface area contributed by atoms with Gasteiger partial charge in [-0.3, -0.25) is 4.79 Å². The quantitative estimate of drug-likeness (QED) is 0.234. The number of likely N-dealkylation sites (tertiary alicyclic amines) is 1. The van der Waals surface area contributed by atoms with Crippen molar-refractivity contribution in [1.82, 2.24) is 14.9 Å². The number of nitrogen functional groups attached to an aromatic ring is 1. The van der Waals surface area contributed by atoms with Gasteiger partial charge in [-0.15, -0.1) is 13.2 Å². The van der Waals surface area contributed by atoms with Crippen LogP contribution in [0.1, 0.15) is 31.7 Å². The van der Waals surface area contributed by atoms with Crippen molar-refractivity contribution in [3.63, 3.8) is 0 Å². The highest BCUT2D eigenvalue weighted by Crippen LogP contribution is 2.35. The number of thiazole rings is 1. The molecular formula is C29H32F3N5O6S2. The van der Waals surface area contributed by atoms with Crippen LogP contribution in [0.4, 0.5) is 24.1 Å². The number of anilines is 2. The van der Waals surface area contributed by atoms with Crippen LogP contribution in [0.5, 0.6) is 5.75 Å². The lowest BCUT2D eigenvalue weighted by molar-refractivity contribution is -0.274. The topological polar surface area (TPSA) is 145 Å². The van der Waals surface area contributed by atoms with Crippen LogP contribution in [-0.4, -0.2) is 79.6 Å². The van der Waals surface area contributed by atoms with Gasteiger partial charge in [-0.25, -0.2) is 23.2 Å². The van der Waals surface area contributed by atoms with Gasteiger partial charge in [0, 0.05) is 37.6 Å². The van der Waals surface area contributed by atoms with E-state index >= 15 is 0 Å². The first-order valence-electron chi connectivity index (χ1n) is 14.4. The normalized spacial score (nSPS) is 18.3. The summed E-state index contributed by atoms with van der Waals surface area (Å²) in [4.78, 5) is 38.0. The van der Waals surface area contributed by atoms with Gasteiger partial charge in [0.2, 0.25) is 5.91 Å². The number of sulfone groups is 1. The number of benzene rings is 1. The number of hydrogen-bond donors (Lipinski definition) is 1. The lowest BCUT2D eigenvalue weighted by Crippen LogP contribution is -2.45. The first kappa shape index (κ1) is 32.5. The van der Waals surface area contributed by atoms with Crippen molar-refractivity contribution >= 4 is 54.8 Å². The van der Waals surface area contributed by atoms with Crippen LogP contribution in [0.25, 0.3) is 10.8 Å². The number of alkyl halides is 3. The molecular weight excluding hydrogens is 635 g/mol. The average molecular weight is 668 g/mol. The lowest BCUT2D eigenvalue weighted by Gasteiger charge is -2.27. The zero-order chi connectivity index (χ0) is 32.4. The van der Waals surface area contributed by atoms with E-state index in [9.17, 15) is 31.2 Å². The number of halogens is 3. The predicted octanol–water partition coefficient (Wildman–Crippen LogP) is 4.13. The largest absolute Gasteiger partial charge is 0.573 e. The van der Waals surface area contributed by atoms with Gasteiger partial charge in [-0.1, -0.05) is 23.5 Å². The Bertz CT molecular complexity index is 1710. The highest BCUT2D eigenvalue weighted by atomic mass is 32.2. The van der Waals surface area contributed by atoms with E-state index in [2.05, 4.69) is 14.7 Å². The number of nitrogens with zero attached hydrogens (tertiary/aromatic N) is 4. The van der Waals surface area contributed by atoms with E-state index in [4.69, 9.17) is 10.5 Å². The summed E-state index contributed by atoms with van der Waals surface area (Å²) < 4.78 is 75.6. The number of nitrogens with two attached hydrogens (primary N) is 1. The summed E-state index contributed by atoms with van der Waals surface area (Å²) in [7, 11) is -3.69. The molecule has 11 nitrogen and oxygen atoms in total. The minimum atomic E-state index is -5.03. The minimum absolute atomic E-state index is 0.00162. The molecule has 2 saturated heterocycles. The van der Waals surface area contributed by atoms with Crippen LogP contribution in [0.15, 0.2) is 47.0 Å². The summed E-state index contributed by atoms with van der Waals surface area (Å²) in [6, 6.07) is 2.82. The molecule has 0 bridgehead atoms. The third kappa shape index (κ3) is 7.49. The van der Waals surface area contributed by atoms with E-state index in [1.165, 1.54) is 35.5 Å². The lowest BCUT2D eigenvalue weighted by atomic mass is 9.99. The standard InChI is InChI=1S/C29H32F3N5O6S2/c1-2-42-27(39)22(15-20-14-19-7-9-34-25(33)21(19)16-23(20)43-29(30,31)32)37-12-8-18(26(37)38)6-5-13-45(40,41)24-17-35-28(44-24)36-10-3-4-11-36/h5-7,9,14,16-18,22H,2-4,8,10-13,15H2,1H3,(H2,33,34)/b6-5+/t18-,22?/m0/s1. The van der Waals surface area contributed by atoms with E-state index in [0.717, 1.165) is 43.3 Å². The fourth-order valence-electron chi connectivity index (χ4n) is 5.51. The molecule has 4 heterocycles. The van der Waals surface area contributed by atoms with Crippen molar-refractivity contribution in [2.24, 2.45) is 5.92 Å². The Balaban J connectivity index is 1.34. The molecule has 2 aliphatic heterocycles. The number of amides is 1. The maximum atomic E-state index is 13.5. The van der Waals surface area contributed by atoms with E-state index < -0.39 is 45.8 Å². The van der Waals surface area contributed by atoms with Gasteiger partial charge >= 0.3 is 12.3 Å². The van der Waals surface area contributed by atoms with Gasteiger partial charge in [-0.2, -0.15) is 0 Å². The highest BCUT2D eigenvalue weighted by Gasteiger charge is 2.40. The Morgan fingerprint density at radius 1 is 1.22 bits per heavy atom. The van der Waals surface area contributed by atoms with Crippen LogP contribution in [0, 0.1) is 5.92 Å². The van der Waals surface area contributed by atoms with Gasteiger partial charge in [0.1, 0.15) is 21.8 Å². The Morgan fingerprint density at radius 2 is 1.98 bits per heavy atom. The van der Waals surface area contributed by atoms with Crippen molar-refractivity contribution in [2.75, 3.05) is 42.6 Å². The number of carbonyl (C=O) groups excluding carboxylic acids is 2. The van der Waals surface area contributed by atoms with E-state index in [1.807, 2.05) is 4.90 Å². The molecule has 45 heavy (non-hydrogen) atoms. The molecule has 16 heteroatoms. The van der Waals surface area contributed by atoms with Crippen molar-refractivity contribution in [3.05, 3.63) is 48.3 Å². The Kier molecular flexibility index (Phi) is 9.53. The molecule has 0 aliphatic carbocycles. The van der Waals surface area contributed by atoms with E-state index in [-0.39, 0.29) is 52.7 Å². The molecule has 2 fully saturated rings. The van der Waals surface area contributed by atoms with Gasteiger partial charge < -0.3 is 25.0 Å². The molecule has 1 amide bonds. The summed E-state index contributed by atoms with van der Waals surface area (Å²) in [6.45, 7) is 3.35. The third-order valence-corrected chi connectivity index (χ3v) is 10.9. The predicted molar refractivity (Wildman–Crippen MR) is 162 cm³/mol. The fraction of sp³-hybridized carbons (Fsp3) is 0.448. The van der Waals surface area contributed by atoms with Gasteiger partial charge in [0.25, 0.3) is 0 Å². The van der Waals surface area contributed by atoms with Crippen molar-refractivity contribution in [2.45, 2.75) is 49.2 Å². The van der Waals surface area contributed by atoms with E-state index in [0.29, 0.717) is 10.5 Å². The monoisotopic (exact) mass is 667 g/mol. The average Bonchev–Trinajstić information content (AvgIpc) is 3.74. The van der Waals surface area contributed by atoms with Crippen LogP contribution >= 0.6 is 11.3 Å². The molecule has 2 aromatic heterocycles. The molecule has 2 atom stereocenters. The number of esters is 1. The number of rotatable bonds is 11. The first-order valence-corrected chi connectivity index (χ1v) is 16.8. The number of hydrogen-bond acceptors (Lipinski definition) is 11. The fourth-order valence-corrected chi connectivity index (χ4v) is 7.89. The molecule has 1 aromatic carbocycles. The van der Waals surface area contributed by atoms with Gasteiger partial charge in [0.05, 0.1) is 24.5 Å². The molecule has 0 saturated carbocycles. The Hall–Kier alpha value is -3.92. The Morgan fingerprint density at radius 3 is 2.69 bits per heavy atom. The molecule has 3 aromatic rings. The molecule has 242 valence electrons. The van der Waals surface area contributed by atoms with Crippen molar-refractivity contribution in [1.29, 1.82) is 0 Å². The minimum Gasteiger partial charge on any atom is -0.464 e. The summed E-state index contributed by atoms with van der Waals surface area (Å²) in [5.74, 6) is -2.90. The maximum Gasteiger partial charge on any atom is 0.573 e. The van der Waals surface area contributed by atoms with E-state index in [1.54, 1.807) is 13.0 Å². The maximum absolute atomic E-state index is 13.5. The number of fused-ring (bicyclic) bond motifs is 1. The van der Waals surface area contributed by atoms with Crippen molar-refractivity contribution < 1.29 is 40.7 Å². The third-order valence-electron chi connectivity index (χ3n) is 7.67. The summed E-state index contributed by atoms with van der Waals surface area (Å²) in [5, 5.41) is 1.37. The van der Waals surface area contributed by atoms with Crippen molar-refractivity contribution in [3.8, 4) is 5.75 Å². The zero-order valence-corrected chi connectivity index (χ0v) is 26.0. The molecule has 2 aliphatic rings. The molecule has 0 spiro atoms. The van der Waals surface area contributed by atoms with Crippen LogP contribution in [0.2, 0.25) is 0 Å². The van der Waals surface area contributed by atoms with Gasteiger partial charge in [0.15, 0.2) is 15.0 Å². The van der Waals surface area contributed by atoms with Crippen LogP contribution in [0.3, 0.4) is 0 Å². The summed E-state index contributed by atoms with van der Waals surface area (Å²) in [5.41, 5.74) is 5.88. The zero-order valence-electron chi connectivity index (χ0n) is 24.3. The van der Waals surface area contributed by atoms with Crippen LogP contribution < -0.4 is 15.4 Å². The first-order chi connectivity index (χ1) is 21.4. The second-order valence-electron chi connectivity index (χ2n) is 10.7. The smallest absolute Gasteiger partial charge is 0.464 e. The number of pyridine rings is 1. The second kappa shape index (κ2) is 13.2. The molecule has 2 N–H and O–H groups in total. The Labute approximate surface area is 261 Å². The summed E-state index contributed by atoms with van der Waals surface area (Å²) in [6.07, 6.45) is 2.63. The van der Waals surface area contributed by atoms with Gasteiger partial charge in [-0.05, 0) is 55.3 Å². The second-order valence-corrected chi connectivity index (χ2v) is 14.0. The number of ether oxygens (including phenoxy) is 2.